The Kier molecular flexibility index (Phi) is 8.02. The smallest absolute Gasteiger partial charge is 0.416 e. The zero-order chi connectivity index (χ0) is 29.9. The first-order chi connectivity index (χ1) is 20.1. The van der Waals surface area contributed by atoms with Gasteiger partial charge < -0.3 is 14.4 Å². The van der Waals surface area contributed by atoms with Crippen molar-refractivity contribution in [3.63, 3.8) is 0 Å². The molecule has 0 saturated heterocycles. The Balaban J connectivity index is 1.64. The molecule has 0 N–H and O–H groups in total. The maximum absolute atomic E-state index is 14.1. The number of para-hydroxylation sites is 1. The maximum atomic E-state index is 14.1. The summed E-state index contributed by atoms with van der Waals surface area (Å²) < 4.78 is 51.2. The Morgan fingerprint density at radius 1 is 1.02 bits per heavy atom. The first kappa shape index (κ1) is 28.8. The van der Waals surface area contributed by atoms with Gasteiger partial charge in [0, 0.05) is 31.0 Å². The maximum Gasteiger partial charge on any atom is 0.416 e. The minimum atomic E-state index is -4.54. The number of hydrogen-bond acceptors (Lipinski definition) is 6. The van der Waals surface area contributed by atoms with Crippen molar-refractivity contribution in [3.8, 4) is 0 Å². The lowest BCUT2D eigenvalue weighted by Gasteiger charge is -2.41. The molecule has 1 heterocycles. The number of carbonyl (C=O) groups is 3. The van der Waals surface area contributed by atoms with Gasteiger partial charge in [0.15, 0.2) is 5.72 Å². The average Bonchev–Trinajstić information content (AvgIpc) is 3.43. The van der Waals surface area contributed by atoms with Crippen LogP contribution in [0.4, 0.5) is 23.7 Å². The fraction of sp³-hybridized carbons (Fsp3) is 0.290. The number of aliphatic imine (C=N–C) groups is 1. The minimum Gasteiger partial charge on any atom is -0.444 e. The highest BCUT2D eigenvalue weighted by atomic mass is 19.4. The number of halogens is 3. The van der Waals surface area contributed by atoms with E-state index in [-0.39, 0.29) is 31.6 Å². The summed E-state index contributed by atoms with van der Waals surface area (Å²) in [7, 11) is 1.52. The molecule has 1 unspecified atom stereocenters. The second kappa shape index (κ2) is 11.7. The van der Waals surface area contributed by atoms with E-state index < -0.39 is 35.6 Å². The van der Waals surface area contributed by atoms with Gasteiger partial charge in [-0.3, -0.25) is 9.59 Å². The summed E-state index contributed by atoms with van der Waals surface area (Å²) in [6.45, 7) is 0.128. The third-order valence-electron chi connectivity index (χ3n) is 7.55. The molecular formula is C31H28F3N3O5. The van der Waals surface area contributed by atoms with Crippen molar-refractivity contribution in [2.75, 3.05) is 11.9 Å². The summed E-state index contributed by atoms with van der Waals surface area (Å²) in [4.78, 5) is 46.8. The van der Waals surface area contributed by atoms with Gasteiger partial charge in [-0.1, -0.05) is 60.7 Å². The topological polar surface area (TPSA) is 88.5 Å². The molecule has 3 aromatic rings. The highest BCUT2D eigenvalue weighted by Gasteiger charge is 2.52. The van der Waals surface area contributed by atoms with Crippen LogP contribution in [-0.2, 0) is 31.8 Å². The van der Waals surface area contributed by atoms with Crippen LogP contribution in [0.2, 0.25) is 0 Å². The second-order valence-corrected chi connectivity index (χ2v) is 10.1. The molecule has 11 heteroatoms. The lowest BCUT2D eigenvalue weighted by atomic mass is 9.99. The van der Waals surface area contributed by atoms with E-state index in [2.05, 4.69) is 0 Å². The van der Waals surface area contributed by atoms with E-state index in [0.717, 1.165) is 17.0 Å². The largest absolute Gasteiger partial charge is 0.444 e. The Hall–Kier alpha value is -4.67. The molecule has 1 saturated carbocycles. The fourth-order valence-corrected chi connectivity index (χ4v) is 5.43. The molecule has 1 aliphatic carbocycles. The predicted molar refractivity (Wildman–Crippen MR) is 148 cm³/mol. The van der Waals surface area contributed by atoms with E-state index in [1.165, 1.54) is 24.1 Å². The third kappa shape index (κ3) is 5.59. The minimum absolute atomic E-state index is 0.111. The molecule has 0 aromatic heterocycles. The molecule has 0 spiro atoms. The van der Waals surface area contributed by atoms with Crippen molar-refractivity contribution >= 4 is 29.9 Å². The van der Waals surface area contributed by atoms with Crippen LogP contribution >= 0.6 is 0 Å². The summed E-state index contributed by atoms with van der Waals surface area (Å²) in [6.07, 6.45) is -5.29. The number of rotatable bonds is 7. The van der Waals surface area contributed by atoms with E-state index >= 15 is 0 Å². The summed E-state index contributed by atoms with van der Waals surface area (Å²) in [6, 6.07) is 20.2. The van der Waals surface area contributed by atoms with Gasteiger partial charge in [0.1, 0.15) is 6.61 Å². The number of likely N-dealkylation sites (N-methyl/N-ethyl adjacent to an activating group) is 1. The normalized spacial score (nSPS) is 18.0. The van der Waals surface area contributed by atoms with E-state index in [4.69, 9.17) is 14.5 Å². The van der Waals surface area contributed by atoms with Crippen LogP contribution in [0.25, 0.3) is 0 Å². The van der Waals surface area contributed by atoms with Gasteiger partial charge in [-0.25, -0.2) is 14.7 Å². The zero-order valence-electron chi connectivity index (χ0n) is 22.7. The first-order valence-electron chi connectivity index (χ1n) is 13.4. The average molecular weight is 580 g/mol. The predicted octanol–water partition coefficient (Wildman–Crippen LogP) is 5.93. The van der Waals surface area contributed by atoms with Crippen LogP contribution in [0.5, 0.6) is 0 Å². The SMILES string of the molecule is CN1C(=O)C(N(C(=O)OCc2ccccc2)C2(OC=O)CCCC2)N=C(c2ccc(C(F)(F)F)cc2)c2ccccc21. The summed E-state index contributed by atoms with van der Waals surface area (Å²) >= 11 is 0. The molecule has 0 bridgehead atoms. The van der Waals surface area contributed by atoms with E-state index in [0.29, 0.717) is 35.2 Å². The van der Waals surface area contributed by atoms with E-state index in [1.54, 1.807) is 48.5 Å². The number of nitrogens with zero attached hydrogens (tertiary/aromatic N) is 3. The molecule has 8 nitrogen and oxygen atoms in total. The second-order valence-electron chi connectivity index (χ2n) is 10.1. The molecule has 5 rings (SSSR count). The van der Waals surface area contributed by atoms with Crippen molar-refractivity contribution in [2.24, 2.45) is 4.99 Å². The number of benzene rings is 3. The number of carbonyl (C=O) groups excluding carboxylic acids is 3. The van der Waals surface area contributed by atoms with Crippen LogP contribution in [0.1, 0.15) is 47.9 Å². The lowest BCUT2D eigenvalue weighted by molar-refractivity contribution is -0.171. The Labute approximate surface area is 240 Å². The number of benzodiazepines with no additional fused rings is 1. The molecule has 2 amide bonds. The number of fused-ring (bicyclic) bond motifs is 1. The molecular weight excluding hydrogens is 551 g/mol. The van der Waals surface area contributed by atoms with Crippen molar-refractivity contribution in [2.45, 2.75) is 50.4 Å². The highest BCUT2D eigenvalue weighted by molar-refractivity contribution is 6.20. The molecule has 1 atom stereocenters. The van der Waals surface area contributed by atoms with Crippen LogP contribution in [-0.4, -0.2) is 48.0 Å². The van der Waals surface area contributed by atoms with Crippen molar-refractivity contribution in [3.05, 3.63) is 101 Å². The van der Waals surface area contributed by atoms with Gasteiger partial charge >= 0.3 is 12.3 Å². The number of hydrogen-bond donors (Lipinski definition) is 0. The van der Waals surface area contributed by atoms with Gasteiger partial charge in [-0.05, 0) is 36.6 Å². The van der Waals surface area contributed by atoms with Gasteiger partial charge in [-0.2, -0.15) is 13.2 Å². The summed E-state index contributed by atoms with van der Waals surface area (Å²) in [5.74, 6) is -0.609. The van der Waals surface area contributed by atoms with Crippen LogP contribution in [0.3, 0.4) is 0 Å². The molecule has 2 aliphatic rings. The molecule has 1 aliphatic heterocycles. The molecule has 218 valence electrons. The van der Waals surface area contributed by atoms with Crippen LogP contribution < -0.4 is 4.90 Å². The number of alkyl halides is 3. The lowest BCUT2D eigenvalue weighted by Crippen LogP contribution is -2.60. The molecule has 42 heavy (non-hydrogen) atoms. The molecule has 0 radical (unpaired) electrons. The Bertz CT molecular complexity index is 1490. The van der Waals surface area contributed by atoms with Crippen molar-refractivity contribution < 1.29 is 37.0 Å². The van der Waals surface area contributed by atoms with Crippen LogP contribution in [0.15, 0.2) is 83.9 Å². The number of anilines is 1. The monoisotopic (exact) mass is 579 g/mol. The fourth-order valence-electron chi connectivity index (χ4n) is 5.43. The Morgan fingerprint density at radius 2 is 1.67 bits per heavy atom. The van der Waals surface area contributed by atoms with Gasteiger partial charge in [-0.15, -0.1) is 0 Å². The number of ether oxygens (including phenoxy) is 2. The van der Waals surface area contributed by atoms with Crippen LogP contribution in [0, 0.1) is 0 Å². The van der Waals surface area contributed by atoms with Gasteiger partial charge in [0.2, 0.25) is 6.17 Å². The molecule has 1 fully saturated rings. The third-order valence-corrected chi connectivity index (χ3v) is 7.55. The standard InChI is InChI=1S/C31H28F3N3O5/c1-36-25-12-6-5-11-24(25)26(22-13-15-23(16-14-22)31(32,33)34)35-27(28(36)39)37(30(42-20-38)17-7-8-18-30)29(40)41-19-21-9-3-2-4-10-21/h2-6,9-16,20,27H,7-8,17-19H2,1H3. The summed E-state index contributed by atoms with van der Waals surface area (Å²) in [5.41, 5.74) is -0.229. The quantitative estimate of drug-likeness (QED) is 0.256. The van der Waals surface area contributed by atoms with E-state index in [1.807, 2.05) is 6.07 Å². The van der Waals surface area contributed by atoms with E-state index in [9.17, 15) is 27.6 Å². The molecule has 3 aromatic carbocycles. The number of amides is 2. The van der Waals surface area contributed by atoms with Gasteiger partial charge in [0.25, 0.3) is 12.4 Å². The van der Waals surface area contributed by atoms with Crippen molar-refractivity contribution in [1.29, 1.82) is 0 Å². The zero-order valence-corrected chi connectivity index (χ0v) is 22.7. The Morgan fingerprint density at radius 3 is 2.31 bits per heavy atom. The van der Waals surface area contributed by atoms with Crippen molar-refractivity contribution in [1.82, 2.24) is 4.90 Å². The first-order valence-corrected chi connectivity index (χ1v) is 13.4. The highest BCUT2D eigenvalue weighted by Crippen LogP contribution is 2.40. The van der Waals surface area contributed by atoms with Gasteiger partial charge in [0.05, 0.1) is 17.0 Å². The summed E-state index contributed by atoms with van der Waals surface area (Å²) in [5, 5.41) is 0.